The van der Waals surface area contributed by atoms with Crippen molar-refractivity contribution >= 4 is 0 Å². The van der Waals surface area contributed by atoms with E-state index in [1.807, 2.05) is 4.57 Å². The maximum Gasteiger partial charge on any atom is 0.223 e. The van der Waals surface area contributed by atoms with Gasteiger partial charge in [0, 0.05) is 24.8 Å². The number of aromatic hydroxyl groups is 1. The Morgan fingerprint density at radius 1 is 1.18 bits per heavy atom. The van der Waals surface area contributed by atoms with Crippen LogP contribution in [0.25, 0.3) is 0 Å². The minimum atomic E-state index is -0.386. The summed E-state index contributed by atoms with van der Waals surface area (Å²) in [6.07, 6.45) is 6.81. The molecule has 1 aliphatic heterocycles. The number of nitrogens with zero attached hydrogens (tertiary/aromatic N) is 2. The molecule has 0 amide bonds. The molecule has 0 atom stereocenters. The third-order valence-electron chi connectivity index (χ3n) is 4.45. The van der Waals surface area contributed by atoms with Crippen molar-refractivity contribution in [3.05, 3.63) is 27.7 Å². The molecule has 0 spiro atoms. The zero-order valence-electron chi connectivity index (χ0n) is 13.6. The van der Waals surface area contributed by atoms with Gasteiger partial charge < -0.3 is 14.8 Å². The van der Waals surface area contributed by atoms with Gasteiger partial charge >= 0.3 is 0 Å². The van der Waals surface area contributed by atoms with Crippen molar-refractivity contribution in [3.8, 4) is 5.75 Å². The van der Waals surface area contributed by atoms with Gasteiger partial charge in [-0.1, -0.05) is 26.2 Å². The molecule has 1 aliphatic rings. The van der Waals surface area contributed by atoms with Crippen LogP contribution in [0, 0.1) is 0 Å². The van der Waals surface area contributed by atoms with Crippen molar-refractivity contribution in [2.75, 3.05) is 13.1 Å². The molecule has 1 fully saturated rings. The maximum absolute atomic E-state index is 11.9. The Kier molecular flexibility index (Phi) is 6.46. The van der Waals surface area contributed by atoms with E-state index in [-0.39, 0.29) is 17.8 Å². The van der Waals surface area contributed by atoms with Crippen LogP contribution in [0.1, 0.15) is 56.8 Å². The SMILES string of the molecule is CCCCCCn1c(CO)cc(=O)c(O)c1CN1CCCC1. The van der Waals surface area contributed by atoms with Crippen molar-refractivity contribution in [2.24, 2.45) is 0 Å². The number of aromatic nitrogens is 1. The Morgan fingerprint density at radius 2 is 1.91 bits per heavy atom. The summed E-state index contributed by atoms with van der Waals surface area (Å²) in [4.78, 5) is 14.2. The summed E-state index contributed by atoms with van der Waals surface area (Å²) >= 11 is 0. The topological polar surface area (TPSA) is 65.7 Å². The van der Waals surface area contributed by atoms with Crippen LogP contribution >= 0.6 is 0 Å². The van der Waals surface area contributed by atoms with E-state index in [1.165, 1.54) is 31.7 Å². The zero-order valence-corrected chi connectivity index (χ0v) is 13.6. The van der Waals surface area contributed by atoms with Crippen LogP contribution in [0.3, 0.4) is 0 Å². The highest BCUT2D eigenvalue weighted by Crippen LogP contribution is 2.21. The zero-order chi connectivity index (χ0) is 15.9. The second kappa shape index (κ2) is 8.34. The van der Waals surface area contributed by atoms with Gasteiger partial charge in [0.15, 0.2) is 5.75 Å². The first kappa shape index (κ1) is 17.0. The summed E-state index contributed by atoms with van der Waals surface area (Å²) in [7, 11) is 0. The molecule has 124 valence electrons. The van der Waals surface area contributed by atoms with Gasteiger partial charge in [-0.05, 0) is 32.4 Å². The minimum absolute atomic E-state index is 0.153. The summed E-state index contributed by atoms with van der Waals surface area (Å²) in [5.74, 6) is -0.153. The van der Waals surface area contributed by atoms with Crippen molar-refractivity contribution in [2.45, 2.75) is 65.1 Å². The molecule has 0 aromatic carbocycles. The fourth-order valence-corrected chi connectivity index (χ4v) is 3.16. The molecule has 0 bridgehead atoms. The van der Waals surface area contributed by atoms with E-state index in [4.69, 9.17) is 0 Å². The predicted molar refractivity (Wildman–Crippen MR) is 86.9 cm³/mol. The molecule has 0 unspecified atom stereocenters. The Balaban J connectivity index is 2.25. The first-order valence-electron chi connectivity index (χ1n) is 8.45. The predicted octanol–water partition coefficient (Wildman–Crippen LogP) is 2.22. The summed E-state index contributed by atoms with van der Waals surface area (Å²) < 4.78 is 1.95. The van der Waals surface area contributed by atoms with Crippen LogP contribution in [0.5, 0.6) is 5.75 Å². The second-order valence-electron chi connectivity index (χ2n) is 6.15. The van der Waals surface area contributed by atoms with Gasteiger partial charge in [-0.25, -0.2) is 0 Å². The van der Waals surface area contributed by atoms with Crippen LogP contribution in [0.15, 0.2) is 10.9 Å². The van der Waals surface area contributed by atoms with Gasteiger partial charge in [0.1, 0.15) is 0 Å². The van der Waals surface area contributed by atoms with Crippen LogP contribution in [-0.2, 0) is 19.7 Å². The Labute approximate surface area is 132 Å². The fraction of sp³-hybridized carbons (Fsp3) is 0.706. The third kappa shape index (κ3) is 4.11. The molecule has 1 saturated heterocycles. The molecule has 1 aromatic heterocycles. The lowest BCUT2D eigenvalue weighted by molar-refractivity contribution is 0.260. The van der Waals surface area contributed by atoms with E-state index in [0.717, 1.165) is 32.5 Å². The molecular weight excluding hydrogens is 280 g/mol. The maximum atomic E-state index is 11.9. The summed E-state index contributed by atoms with van der Waals surface area (Å²) in [6.45, 7) is 5.34. The number of unbranched alkanes of at least 4 members (excludes halogenated alkanes) is 3. The smallest absolute Gasteiger partial charge is 0.223 e. The molecule has 5 heteroatoms. The van der Waals surface area contributed by atoms with Gasteiger partial charge in [-0.15, -0.1) is 0 Å². The van der Waals surface area contributed by atoms with Crippen LogP contribution in [0.2, 0.25) is 0 Å². The lowest BCUT2D eigenvalue weighted by atomic mass is 10.1. The van der Waals surface area contributed by atoms with Gasteiger partial charge in [0.2, 0.25) is 5.43 Å². The Hall–Kier alpha value is -1.33. The molecule has 0 radical (unpaired) electrons. The Morgan fingerprint density at radius 3 is 2.55 bits per heavy atom. The highest BCUT2D eigenvalue weighted by Gasteiger charge is 2.19. The van der Waals surface area contributed by atoms with Gasteiger partial charge in [-0.2, -0.15) is 0 Å². The lowest BCUT2D eigenvalue weighted by Crippen LogP contribution is -2.25. The van der Waals surface area contributed by atoms with E-state index >= 15 is 0 Å². The minimum Gasteiger partial charge on any atom is -0.503 e. The van der Waals surface area contributed by atoms with E-state index in [9.17, 15) is 15.0 Å². The molecule has 5 nitrogen and oxygen atoms in total. The number of hydrogen-bond donors (Lipinski definition) is 2. The summed E-state index contributed by atoms with van der Waals surface area (Å²) in [5.41, 5.74) is 0.881. The van der Waals surface area contributed by atoms with Crippen molar-refractivity contribution in [3.63, 3.8) is 0 Å². The monoisotopic (exact) mass is 308 g/mol. The highest BCUT2D eigenvalue weighted by atomic mass is 16.3. The average molecular weight is 308 g/mol. The van der Waals surface area contributed by atoms with E-state index in [0.29, 0.717) is 17.9 Å². The highest BCUT2D eigenvalue weighted by molar-refractivity contribution is 5.30. The number of pyridine rings is 1. The third-order valence-corrected chi connectivity index (χ3v) is 4.45. The van der Waals surface area contributed by atoms with Crippen LogP contribution in [-0.4, -0.2) is 32.8 Å². The van der Waals surface area contributed by atoms with E-state index in [1.54, 1.807) is 0 Å². The van der Waals surface area contributed by atoms with Crippen LogP contribution in [0.4, 0.5) is 0 Å². The number of aliphatic hydroxyl groups excluding tert-OH is 1. The lowest BCUT2D eigenvalue weighted by Gasteiger charge is -2.22. The van der Waals surface area contributed by atoms with Crippen LogP contribution < -0.4 is 5.43 Å². The molecule has 0 saturated carbocycles. The number of rotatable bonds is 8. The van der Waals surface area contributed by atoms with Gasteiger partial charge in [0.25, 0.3) is 0 Å². The van der Waals surface area contributed by atoms with E-state index < -0.39 is 0 Å². The number of likely N-dealkylation sites (tertiary alicyclic amines) is 1. The average Bonchev–Trinajstić information content (AvgIpc) is 3.02. The largest absolute Gasteiger partial charge is 0.503 e. The first-order valence-corrected chi connectivity index (χ1v) is 8.45. The number of hydrogen-bond acceptors (Lipinski definition) is 4. The fourth-order valence-electron chi connectivity index (χ4n) is 3.16. The standard InChI is InChI=1S/C17H28N2O3/c1-2-3-4-5-10-19-14(13-20)11-16(21)17(22)15(19)12-18-8-6-7-9-18/h11,20,22H,2-10,12-13H2,1H3. The molecule has 2 N–H and O–H groups in total. The molecule has 1 aromatic rings. The quantitative estimate of drug-likeness (QED) is 0.723. The van der Waals surface area contributed by atoms with Crippen molar-refractivity contribution < 1.29 is 10.2 Å². The second-order valence-corrected chi connectivity index (χ2v) is 6.15. The normalized spacial score (nSPS) is 15.5. The van der Waals surface area contributed by atoms with Crippen molar-refractivity contribution in [1.29, 1.82) is 0 Å². The molecule has 22 heavy (non-hydrogen) atoms. The molecule has 2 rings (SSSR count). The Bertz CT molecular complexity index is 533. The van der Waals surface area contributed by atoms with Gasteiger partial charge in [0.05, 0.1) is 12.3 Å². The summed E-state index contributed by atoms with van der Waals surface area (Å²) in [5, 5.41) is 19.8. The van der Waals surface area contributed by atoms with Gasteiger partial charge in [-0.3, -0.25) is 9.69 Å². The molecule has 0 aliphatic carbocycles. The summed E-state index contributed by atoms with van der Waals surface area (Å²) in [6, 6.07) is 1.36. The molecular formula is C17H28N2O3. The number of aliphatic hydroxyl groups is 1. The van der Waals surface area contributed by atoms with Crippen molar-refractivity contribution in [1.82, 2.24) is 9.47 Å². The van der Waals surface area contributed by atoms with E-state index in [2.05, 4.69) is 11.8 Å². The molecule has 2 heterocycles. The first-order chi connectivity index (χ1) is 10.7.